The van der Waals surface area contributed by atoms with Gasteiger partial charge >= 0.3 is 0 Å². The number of fused-ring (bicyclic) bond motifs is 3. The summed E-state index contributed by atoms with van der Waals surface area (Å²) < 4.78 is 22.8. The van der Waals surface area contributed by atoms with Gasteiger partial charge in [-0.15, -0.1) is 0 Å². The maximum atomic E-state index is 13.5. The minimum atomic E-state index is -1.54. The van der Waals surface area contributed by atoms with Crippen LogP contribution in [-0.2, 0) is 22.2 Å². The summed E-state index contributed by atoms with van der Waals surface area (Å²) in [7, 11) is -1.54. The number of anilines is 1. The summed E-state index contributed by atoms with van der Waals surface area (Å²) in [6, 6.07) is 12.4. The van der Waals surface area contributed by atoms with Crippen LogP contribution in [0.15, 0.2) is 48.6 Å². The molecule has 5 aliphatic rings. The molecule has 2 aromatic rings. The molecule has 3 fully saturated rings. The zero-order chi connectivity index (χ0) is 35.6. The number of piperazine rings is 1. The summed E-state index contributed by atoms with van der Waals surface area (Å²) in [4.78, 5) is 34.1. The normalized spacial score (nSPS) is 32.5. The predicted octanol–water partition coefficient (Wildman–Crippen LogP) is 6.99. The number of hydrogen-bond donors (Lipinski definition) is 1. The summed E-state index contributed by atoms with van der Waals surface area (Å²) in [6.07, 6.45) is 13.3. The highest BCUT2D eigenvalue weighted by atomic mass is 35.5. The van der Waals surface area contributed by atoms with Gasteiger partial charge < -0.3 is 14.5 Å². The molecule has 8 unspecified atom stereocenters. The third-order valence-electron chi connectivity index (χ3n) is 12.5. The van der Waals surface area contributed by atoms with Crippen LogP contribution in [0.2, 0.25) is 5.02 Å². The maximum absolute atomic E-state index is 13.5. The Labute approximate surface area is 311 Å². The van der Waals surface area contributed by atoms with Gasteiger partial charge in [-0.05, 0) is 117 Å². The van der Waals surface area contributed by atoms with Gasteiger partial charge in [0, 0.05) is 48.7 Å². The average Bonchev–Trinajstić information content (AvgIpc) is 3.28. The Balaban J connectivity index is 1.22. The van der Waals surface area contributed by atoms with Crippen LogP contribution in [-0.4, -0.2) is 83.0 Å². The van der Waals surface area contributed by atoms with E-state index in [-0.39, 0.29) is 34.8 Å². The number of rotatable bonds is 5. The SMILES string of the molecule is CCCc1cc(Cl)ccc1C1COc2ccc3cc2N(C1)CC1CCC1C(CN1CC2CCCCN2CC1=O)/C=C/CC(C)C(C)S(=O)NC3=O. The Morgan fingerprint density at radius 3 is 2.69 bits per heavy atom. The van der Waals surface area contributed by atoms with Crippen molar-refractivity contribution in [3.8, 4) is 5.75 Å². The first-order chi connectivity index (χ1) is 24.7. The molecule has 0 aromatic heterocycles. The van der Waals surface area contributed by atoms with Gasteiger partial charge in [0.05, 0.1) is 24.1 Å². The van der Waals surface area contributed by atoms with Gasteiger partial charge in [0.1, 0.15) is 16.7 Å². The Morgan fingerprint density at radius 1 is 1.02 bits per heavy atom. The van der Waals surface area contributed by atoms with Crippen LogP contribution >= 0.6 is 11.6 Å². The van der Waals surface area contributed by atoms with Crippen molar-refractivity contribution in [2.24, 2.45) is 23.7 Å². The van der Waals surface area contributed by atoms with Crippen molar-refractivity contribution >= 4 is 40.1 Å². The van der Waals surface area contributed by atoms with E-state index in [1.54, 1.807) is 6.07 Å². The molecular weight excluding hydrogens is 680 g/mol. The first kappa shape index (κ1) is 36.5. The van der Waals surface area contributed by atoms with E-state index in [2.05, 4.69) is 57.6 Å². The molecule has 1 aliphatic carbocycles. The molecule has 7 rings (SSSR count). The Bertz CT molecular complexity index is 1650. The summed E-state index contributed by atoms with van der Waals surface area (Å²) in [5.74, 6) is 2.06. The minimum Gasteiger partial charge on any atom is -0.491 e. The topological polar surface area (TPSA) is 82.2 Å². The number of halogens is 1. The highest BCUT2D eigenvalue weighted by Crippen LogP contribution is 2.45. The average molecular weight is 735 g/mol. The maximum Gasteiger partial charge on any atom is 0.263 e. The van der Waals surface area contributed by atoms with E-state index in [1.807, 2.05) is 25.1 Å². The lowest BCUT2D eigenvalue weighted by Crippen LogP contribution is -2.58. The van der Waals surface area contributed by atoms with Crippen LogP contribution in [0.4, 0.5) is 5.69 Å². The molecule has 10 heteroatoms. The standard InChI is InChI=1S/C41H55ClN4O4S/c1-4-8-29-19-34(42)14-16-36(29)33-23-45-21-32-12-15-37(32)31(22-46-24-35-11-5-6-18-44(35)25-40(46)47)10-7-9-27(2)28(3)51(49)43-41(48)30-13-17-39(50-26-33)38(45)20-30/h7,10,13-14,16-17,19-20,27-28,31-33,35,37H,4-6,8-9,11-12,15,18,21-26H2,1-3H3,(H,43,48)/b10-7+. The molecule has 276 valence electrons. The molecule has 8 nitrogen and oxygen atoms in total. The van der Waals surface area contributed by atoms with Crippen LogP contribution in [0, 0.1) is 23.7 Å². The number of amides is 2. The number of allylic oxidation sites excluding steroid dienone is 1. The van der Waals surface area contributed by atoms with E-state index in [1.165, 1.54) is 30.4 Å². The molecule has 2 bridgehead atoms. The summed E-state index contributed by atoms with van der Waals surface area (Å²) in [5, 5.41) is 0.530. The monoisotopic (exact) mass is 734 g/mol. The molecule has 2 aromatic carbocycles. The van der Waals surface area contributed by atoms with Gasteiger partial charge in [-0.1, -0.05) is 56.5 Å². The van der Waals surface area contributed by atoms with Crippen molar-refractivity contribution in [3.63, 3.8) is 0 Å². The number of carbonyl (C=O) groups excluding carboxylic acids is 2. The second kappa shape index (κ2) is 16.0. The molecule has 2 amide bonds. The molecule has 4 heterocycles. The fraction of sp³-hybridized carbons (Fsp3) is 0.610. The molecule has 1 N–H and O–H groups in total. The lowest BCUT2D eigenvalue weighted by molar-refractivity contribution is -0.140. The smallest absolute Gasteiger partial charge is 0.263 e. The van der Waals surface area contributed by atoms with Gasteiger partial charge in [-0.3, -0.25) is 19.2 Å². The zero-order valence-electron chi connectivity index (χ0n) is 30.5. The predicted molar refractivity (Wildman–Crippen MR) is 206 cm³/mol. The fourth-order valence-corrected chi connectivity index (χ4v) is 10.3. The molecule has 8 atom stereocenters. The van der Waals surface area contributed by atoms with Gasteiger partial charge in [-0.2, -0.15) is 0 Å². The van der Waals surface area contributed by atoms with E-state index in [0.717, 1.165) is 81.3 Å². The highest BCUT2D eigenvalue weighted by Gasteiger charge is 2.41. The van der Waals surface area contributed by atoms with Crippen molar-refractivity contribution in [2.45, 2.75) is 89.3 Å². The number of aryl methyl sites for hydroxylation is 1. The zero-order valence-corrected chi connectivity index (χ0v) is 32.1. The summed E-state index contributed by atoms with van der Waals surface area (Å²) >= 11 is 6.49. The quantitative estimate of drug-likeness (QED) is 0.334. The molecule has 0 radical (unpaired) electrons. The van der Waals surface area contributed by atoms with E-state index in [9.17, 15) is 13.8 Å². The number of benzene rings is 2. The third-order valence-corrected chi connectivity index (χ3v) is 14.3. The van der Waals surface area contributed by atoms with Gasteiger partial charge in [0.25, 0.3) is 5.91 Å². The van der Waals surface area contributed by atoms with Crippen LogP contribution < -0.4 is 14.4 Å². The molecule has 4 aliphatic heterocycles. The second-order valence-corrected chi connectivity index (χ2v) is 17.8. The Hall–Kier alpha value is -2.88. The van der Waals surface area contributed by atoms with E-state index in [0.29, 0.717) is 36.6 Å². The molecule has 51 heavy (non-hydrogen) atoms. The van der Waals surface area contributed by atoms with Crippen molar-refractivity contribution in [1.82, 2.24) is 14.5 Å². The number of carbonyl (C=O) groups is 2. The fourth-order valence-electron chi connectivity index (χ4n) is 9.11. The van der Waals surface area contributed by atoms with Crippen LogP contribution in [0.5, 0.6) is 5.75 Å². The van der Waals surface area contributed by atoms with E-state index < -0.39 is 11.0 Å². The van der Waals surface area contributed by atoms with Crippen molar-refractivity contribution < 1.29 is 18.5 Å². The molecule has 2 saturated heterocycles. The molecule has 0 spiro atoms. The second-order valence-electron chi connectivity index (χ2n) is 15.8. The number of nitrogens with zero attached hydrogens (tertiary/aromatic N) is 3. The van der Waals surface area contributed by atoms with Gasteiger partial charge in [-0.25, -0.2) is 4.21 Å². The van der Waals surface area contributed by atoms with Crippen molar-refractivity contribution in [2.75, 3.05) is 50.8 Å². The lowest BCUT2D eigenvalue weighted by Gasteiger charge is -2.48. The lowest BCUT2D eigenvalue weighted by atomic mass is 9.66. The van der Waals surface area contributed by atoms with Gasteiger partial charge in [0.15, 0.2) is 0 Å². The van der Waals surface area contributed by atoms with E-state index >= 15 is 0 Å². The first-order valence-corrected chi connectivity index (χ1v) is 21.0. The number of nitrogens with one attached hydrogen (secondary N) is 1. The van der Waals surface area contributed by atoms with E-state index in [4.69, 9.17) is 16.3 Å². The summed E-state index contributed by atoms with van der Waals surface area (Å²) in [5.41, 5.74) is 3.93. The first-order valence-electron chi connectivity index (χ1n) is 19.4. The van der Waals surface area contributed by atoms with Crippen LogP contribution in [0.3, 0.4) is 0 Å². The molecular formula is C41H55ClN4O4S. The minimum absolute atomic E-state index is 0.110. The largest absolute Gasteiger partial charge is 0.491 e. The number of hydrogen-bond acceptors (Lipinski definition) is 6. The van der Waals surface area contributed by atoms with Gasteiger partial charge in [0.2, 0.25) is 5.91 Å². The summed E-state index contributed by atoms with van der Waals surface area (Å²) in [6.45, 7) is 11.5. The highest BCUT2D eigenvalue weighted by molar-refractivity contribution is 7.84. The van der Waals surface area contributed by atoms with Crippen LogP contribution in [0.1, 0.15) is 93.1 Å². The van der Waals surface area contributed by atoms with Crippen molar-refractivity contribution in [3.05, 3.63) is 70.3 Å². The Morgan fingerprint density at radius 2 is 1.88 bits per heavy atom. The van der Waals surface area contributed by atoms with Crippen LogP contribution in [0.25, 0.3) is 0 Å². The number of ether oxygens (including phenoxy) is 1. The third kappa shape index (κ3) is 8.06. The Kier molecular flexibility index (Phi) is 11.5. The van der Waals surface area contributed by atoms with Crippen molar-refractivity contribution in [1.29, 1.82) is 0 Å². The number of piperidine rings is 1. The molecule has 1 saturated carbocycles.